The van der Waals surface area contributed by atoms with Crippen molar-refractivity contribution in [3.8, 4) is 5.75 Å². The molecular formula is C17H13ClN2O3. The molecule has 1 amide bonds. The van der Waals surface area contributed by atoms with Gasteiger partial charge in [-0.15, -0.1) is 0 Å². The van der Waals surface area contributed by atoms with Crippen LogP contribution in [0.15, 0.2) is 53.5 Å². The largest absolute Gasteiger partial charge is 0.495 e. The van der Waals surface area contributed by atoms with Crippen LogP contribution in [-0.2, 0) is 0 Å². The van der Waals surface area contributed by atoms with Crippen LogP contribution in [-0.4, -0.2) is 18.0 Å². The third-order valence-corrected chi connectivity index (χ3v) is 3.79. The number of H-pyrrole nitrogens is 1. The average molecular weight is 329 g/mol. The minimum absolute atomic E-state index is 0.00525. The Bertz CT molecular complexity index is 950. The molecule has 1 aromatic heterocycles. The maximum Gasteiger partial charge on any atom is 0.261 e. The number of para-hydroxylation sites is 2. The number of nitrogens with one attached hydrogen (secondary N) is 2. The number of carbonyl (C=O) groups excluding carboxylic acids is 1. The Morgan fingerprint density at radius 1 is 1.17 bits per heavy atom. The first-order valence-corrected chi connectivity index (χ1v) is 7.24. The molecule has 0 radical (unpaired) electrons. The summed E-state index contributed by atoms with van der Waals surface area (Å²) in [6.45, 7) is 0. The highest BCUT2D eigenvalue weighted by Gasteiger charge is 2.15. The summed E-state index contributed by atoms with van der Waals surface area (Å²) in [6.07, 6.45) is 1.37. The van der Waals surface area contributed by atoms with Gasteiger partial charge in [0, 0.05) is 6.20 Å². The summed E-state index contributed by atoms with van der Waals surface area (Å²) in [4.78, 5) is 27.9. The number of halogens is 1. The molecule has 0 aliphatic carbocycles. The van der Waals surface area contributed by atoms with Crippen molar-refractivity contribution < 1.29 is 9.53 Å². The van der Waals surface area contributed by atoms with Gasteiger partial charge in [-0.05, 0) is 24.3 Å². The number of methoxy groups -OCH3 is 1. The molecule has 0 aliphatic rings. The van der Waals surface area contributed by atoms with Crippen molar-refractivity contribution in [1.29, 1.82) is 0 Å². The monoisotopic (exact) mass is 328 g/mol. The smallest absolute Gasteiger partial charge is 0.261 e. The predicted octanol–water partition coefficient (Wildman–Crippen LogP) is 3.44. The number of benzene rings is 2. The number of rotatable bonds is 3. The van der Waals surface area contributed by atoms with Gasteiger partial charge in [0.25, 0.3) is 5.91 Å². The van der Waals surface area contributed by atoms with Gasteiger partial charge in [0.1, 0.15) is 11.3 Å². The van der Waals surface area contributed by atoms with E-state index in [0.717, 1.165) is 0 Å². The van der Waals surface area contributed by atoms with E-state index in [-0.39, 0.29) is 11.0 Å². The van der Waals surface area contributed by atoms with Crippen molar-refractivity contribution in [3.05, 3.63) is 69.5 Å². The number of aromatic amines is 1. The van der Waals surface area contributed by atoms with Gasteiger partial charge in [0.05, 0.1) is 28.7 Å². The summed E-state index contributed by atoms with van der Waals surface area (Å²) in [5.74, 6) is 0.0155. The molecule has 0 saturated carbocycles. The number of hydrogen-bond acceptors (Lipinski definition) is 3. The Labute approximate surface area is 136 Å². The van der Waals surface area contributed by atoms with Crippen LogP contribution in [0.5, 0.6) is 5.75 Å². The zero-order chi connectivity index (χ0) is 16.4. The molecule has 0 aliphatic heterocycles. The molecule has 5 nitrogen and oxygen atoms in total. The second-order valence-corrected chi connectivity index (χ2v) is 5.26. The molecule has 116 valence electrons. The summed E-state index contributed by atoms with van der Waals surface area (Å²) >= 11 is 6.01. The lowest BCUT2D eigenvalue weighted by atomic mass is 10.1. The van der Waals surface area contributed by atoms with Crippen molar-refractivity contribution in [2.45, 2.75) is 0 Å². The molecule has 3 aromatic rings. The molecule has 0 saturated heterocycles. The predicted molar refractivity (Wildman–Crippen MR) is 90.5 cm³/mol. The van der Waals surface area contributed by atoms with Gasteiger partial charge in [0.2, 0.25) is 5.43 Å². The van der Waals surface area contributed by atoms with Crippen molar-refractivity contribution in [3.63, 3.8) is 0 Å². The van der Waals surface area contributed by atoms with E-state index in [1.165, 1.54) is 13.3 Å². The lowest BCUT2D eigenvalue weighted by molar-refractivity contribution is 0.102. The van der Waals surface area contributed by atoms with Crippen LogP contribution in [0.4, 0.5) is 5.69 Å². The molecule has 23 heavy (non-hydrogen) atoms. The Balaban J connectivity index is 2.04. The van der Waals surface area contributed by atoms with Crippen LogP contribution in [0.3, 0.4) is 0 Å². The SMILES string of the molecule is COc1cccc2c(=O)c(C(=O)Nc3ccccc3Cl)c[nH]c12. The normalized spacial score (nSPS) is 10.5. The van der Waals surface area contributed by atoms with Crippen LogP contribution in [0, 0.1) is 0 Å². The quantitative estimate of drug-likeness (QED) is 0.773. The van der Waals surface area contributed by atoms with Crippen molar-refractivity contribution in [2.24, 2.45) is 0 Å². The standard InChI is InChI=1S/C17H13ClN2O3/c1-23-14-8-4-5-10-15(14)19-9-11(16(10)21)17(22)20-13-7-3-2-6-12(13)18/h2-9H,1H3,(H,19,21)(H,20,22). The Morgan fingerprint density at radius 3 is 2.70 bits per heavy atom. The van der Waals surface area contributed by atoms with Crippen molar-refractivity contribution in [1.82, 2.24) is 4.98 Å². The second-order valence-electron chi connectivity index (χ2n) is 4.85. The minimum Gasteiger partial charge on any atom is -0.495 e. The summed E-state index contributed by atoms with van der Waals surface area (Å²) in [5, 5.41) is 3.43. The van der Waals surface area contributed by atoms with Gasteiger partial charge < -0.3 is 15.0 Å². The van der Waals surface area contributed by atoms with Crippen molar-refractivity contribution in [2.75, 3.05) is 12.4 Å². The lowest BCUT2D eigenvalue weighted by Crippen LogP contribution is -2.22. The van der Waals surface area contributed by atoms with E-state index >= 15 is 0 Å². The van der Waals surface area contributed by atoms with Gasteiger partial charge in [0.15, 0.2) is 0 Å². The highest BCUT2D eigenvalue weighted by molar-refractivity contribution is 6.33. The first-order chi connectivity index (χ1) is 11.1. The van der Waals surface area contributed by atoms with E-state index < -0.39 is 5.91 Å². The zero-order valence-corrected chi connectivity index (χ0v) is 13.0. The average Bonchev–Trinajstić information content (AvgIpc) is 2.57. The summed E-state index contributed by atoms with van der Waals surface area (Å²) in [5.41, 5.74) is 0.631. The number of pyridine rings is 1. The summed E-state index contributed by atoms with van der Waals surface area (Å²) < 4.78 is 5.21. The maximum atomic E-state index is 12.5. The number of hydrogen-bond donors (Lipinski definition) is 2. The van der Waals surface area contributed by atoms with Crippen LogP contribution in [0.1, 0.15) is 10.4 Å². The molecule has 2 aromatic carbocycles. The number of carbonyl (C=O) groups is 1. The number of amides is 1. The van der Waals surface area contributed by atoms with Gasteiger partial charge in [-0.2, -0.15) is 0 Å². The third kappa shape index (κ3) is 2.78. The number of ether oxygens (including phenoxy) is 1. The highest BCUT2D eigenvalue weighted by Crippen LogP contribution is 2.23. The molecule has 0 bridgehead atoms. The number of anilines is 1. The minimum atomic E-state index is -0.524. The van der Waals surface area contributed by atoms with Gasteiger partial charge in [-0.3, -0.25) is 9.59 Å². The number of aromatic nitrogens is 1. The zero-order valence-electron chi connectivity index (χ0n) is 12.2. The van der Waals surface area contributed by atoms with Gasteiger partial charge in [-0.25, -0.2) is 0 Å². The van der Waals surface area contributed by atoms with Crippen LogP contribution in [0.25, 0.3) is 10.9 Å². The Morgan fingerprint density at radius 2 is 1.96 bits per heavy atom. The molecule has 0 spiro atoms. The molecule has 3 rings (SSSR count). The molecule has 2 N–H and O–H groups in total. The van der Waals surface area contributed by atoms with E-state index in [1.807, 2.05) is 0 Å². The molecular weight excluding hydrogens is 316 g/mol. The maximum absolute atomic E-state index is 12.5. The fourth-order valence-electron chi connectivity index (χ4n) is 2.32. The molecule has 1 heterocycles. The van der Waals surface area contributed by atoms with Crippen LogP contribution in [0.2, 0.25) is 5.02 Å². The van der Waals surface area contributed by atoms with E-state index in [4.69, 9.17) is 16.3 Å². The first-order valence-electron chi connectivity index (χ1n) is 6.86. The molecule has 0 fully saturated rings. The molecule has 0 atom stereocenters. The fourth-order valence-corrected chi connectivity index (χ4v) is 2.50. The van der Waals surface area contributed by atoms with Gasteiger partial charge >= 0.3 is 0 Å². The Hall–Kier alpha value is -2.79. The second kappa shape index (κ2) is 6.14. The van der Waals surface area contributed by atoms with Crippen molar-refractivity contribution >= 4 is 34.1 Å². The van der Waals surface area contributed by atoms with E-state index in [0.29, 0.717) is 27.4 Å². The third-order valence-electron chi connectivity index (χ3n) is 3.46. The summed E-state index contributed by atoms with van der Waals surface area (Å²) in [7, 11) is 1.52. The fraction of sp³-hybridized carbons (Fsp3) is 0.0588. The van der Waals surface area contributed by atoms with Gasteiger partial charge in [-0.1, -0.05) is 29.8 Å². The number of fused-ring (bicyclic) bond motifs is 1. The highest BCUT2D eigenvalue weighted by atomic mass is 35.5. The summed E-state index contributed by atoms with van der Waals surface area (Å²) in [6, 6.07) is 11.9. The molecule has 0 unspecified atom stereocenters. The van der Waals surface area contributed by atoms with E-state index in [2.05, 4.69) is 10.3 Å². The Kier molecular flexibility index (Phi) is 4.04. The van der Waals surface area contributed by atoms with E-state index in [9.17, 15) is 9.59 Å². The lowest BCUT2D eigenvalue weighted by Gasteiger charge is -2.09. The molecule has 6 heteroatoms. The van der Waals surface area contributed by atoms with Crippen LogP contribution < -0.4 is 15.5 Å². The van der Waals surface area contributed by atoms with Crippen LogP contribution >= 0.6 is 11.6 Å². The first kappa shape index (κ1) is 15.1. The van der Waals surface area contributed by atoms with E-state index in [1.54, 1.807) is 42.5 Å². The topological polar surface area (TPSA) is 71.2 Å².